The maximum Gasteiger partial charge on any atom is 0.233 e. The van der Waals surface area contributed by atoms with Gasteiger partial charge in [0.25, 0.3) is 0 Å². The molecule has 0 aliphatic heterocycles. The summed E-state index contributed by atoms with van der Waals surface area (Å²) in [5.74, 6) is 1.25. The number of carbonyl (C=O) groups excluding carboxylic acids is 1. The molecule has 1 amide bonds. The second kappa shape index (κ2) is 10.0. The summed E-state index contributed by atoms with van der Waals surface area (Å²) in [6, 6.07) is 9.77. The van der Waals surface area contributed by atoms with Crippen molar-refractivity contribution in [3.8, 4) is 11.5 Å². The van der Waals surface area contributed by atoms with E-state index < -0.39 is 0 Å². The van der Waals surface area contributed by atoms with Crippen molar-refractivity contribution in [3.63, 3.8) is 0 Å². The molecule has 4 aromatic rings. The molecule has 0 radical (unpaired) electrons. The van der Waals surface area contributed by atoms with Gasteiger partial charge in [-0.15, -0.1) is 0 Å². The van der Waals surface area contributed by atoms with Gasteiger partial charge in [-0.2, -0.15) is 0 Å². The number of amides is 1. The van der Waals surface area contributed by atoms with Gasteiger partial charge in [-0.3, -0.25) is 9.69 Å². The molecule has 4 rings (SSSR count). The Labute approximate surface area is 197 Å². The standard InChI is InChI=1S/C25H28N4O3S/c1-17-6-9-22-24(18(17)2)27-25(33-22)29(12-5-11-28-13-10-26-16-28)23(30)15-19-7-8-20(31-3)21(14-19)32-4/h6-10,13-14,16H,5,11-12,15H2,1-4H3. The summed E-state index contributed by atoms with van der Waals surface area (Å²) < 4.78 is 13.8. The third kappa shape index (κ3) is 5.01. The highest BCUT2D eigenvalue weighted by atomic mass is 32.1. The Balaban J connectivity index is 1.60. The van der Waals surface area contributed by atoms with Crippen LogP contribution >= 0.6 is 11.3 Å². The largest absolute Gasteiger partial charge is 0.493 e. The van der Waals surface area contributed by atoms with Crippen LogP contribution in [0.2, 0.25) is 0 Å². The minimum absolute atomic E-state index is 0.00119. The first kappa shape index (κ1) is 22.8. The Morgan fingerprint density at radius 2 is 1.94 bits per heavy atom. The zero-order valence-corrected chi connectivity index (χ0v) is 20.2. The molecule has 0 spiro atoms. The number of fused-ring (bicyclic) bond motifs is 1. The maximum atomic E-state index is 13.5. The van der Waals surface area contributed by atoms with Crippen molar-refractivity contribution in [3.05, 3.63) is 65.7 Å². The normalized spacial score (nSPS) is 11.0. The van der Waals surface area contributed by atoms with E-state index in [1.54, 1.807) is 38.1 Å². The van der Waals surface area contributed by atoms with E-state index in [1.165, 1.54) is 5.56 Å². The molecule has 0 N–H and O–H groups in total. The second-order valence-electron chi connectivity index (χ2n) is 7.92. The first-order chi connectivity index (χ1) is 16.0. The summed E-state index contributed by atoms with van der Waals surface area (Å²) >= 11 is 1.56. The average Bonchev–Trinajstić information content (AvgIpc) is 3.49. The molecule has 0 bridgehead atoms. The van der Waals surface area contributed by atoms with E-state index >= 15 is 0 Å². The number of hydrogen-bond acceptors (Lipinski definition) is 6. The van der Waals surface area contributed by atoms with Gasteiger partial charge in [0.2, 0.25) is 5.91 Å². The molecule has 0 unspecified atom stereocenters. The number of carbonyl (C=O) groups is 1. The van der Waals surface area contributed by atoms with Gasteiger partial charge in [0, 0.05) is 25.5 Å². The Morgan fingerprint density at radius 1 is 1.12 bits per heavy atom. The topological polar surface area (TPSA) is 69.5 Å². The van der Waals surface area contributed by atoms with Gasteiger partial charge in [-0.1, -0.05) is 23.5 Å². The predicted molar refractivity (Wildman–Crippen MR) is 132 cm³/mol. The van der Waals surface area contributed by atoms with E-state index in [9.17, 15) is 4.79 Å². The lowest BCUT2D eigenvalue weighted by molar-refractivity contribution is -0.118. The molecule has 2 heterocycles. The monoisotopic (exact) mass is 464 g/mol. The lowest BCUT2D eigenvalue weighted by atomic mass is 10.1. The van der Waals surface area contributed by atoms with Crippen LogP contribution in [0, 0.1) is 13.8 Å². The SMILES string of the molecule is COc1ccc(CC(=O)N(CCCn2ccnc2)c2nc3c(C)c(C)ccc3s2)cc1OC. The number of anilines is 1. The van der Waals surface area contributed by atoms with E-state index in [1.807, 2.05) is 33.9 Å². The van der Waals surface area contributed by atoms with Crippen molar-refractivity contribution in [2.24, 2.45) is 0 Å². The number of imidazole rings is 1. The molecular formula is C25H28N4O3S. The molecule has 0 saturated carbocycles. The van der Waals surface area contributed by atoms with E-state index in [2.05, 4.69) is 31.0 Å². The third-order valence-corrected chi connectivity index (χ3v) is 6.81. The predicted octanol–water partition coefficient (Wildman–Crippen LogP) is 4.79. The Bertz CT molecular complexity index is 1250. The molecule has 8 heteroatoms. The lowest BCUT2D eigenvalue weighted by Gasteiger charge is -2.20. The van der Waals surface area contributed by atoms with E-state index in [0.717, 1.165) is 39.4 Å². The van der Waals surface area contributed by atoms with Crippen LogP contribution in [0.15, 0.2) is 49.1 Å². The van der Waals surface area contributed by atoms with Crippen LogP contribution in [-0.2, 0) is 17.8 Å². The Morgan fingerprint density at radius 3 is 2.67 bits per heavy atom. The van der Waals surface area contributed by atoms with Gasteiger partial charge < -0.3 is 14.0 Å². The number of ether oxygens (including phenoxy) is 2. The molecule has 0 aliphatic carbocycles. The first-order valence-electron chi connectivity index (χ1n) is 10.8. The van der Waals surface area contributed by atoms with Crippen molar-refractivity contribution in [2.45, 2.75) is 33.2 Å². The van der Waals surface area contributed by atoms with Crippen LogP contribution in [0.5, 0.6) is 11.5 Å². The van der Waals surface area contributed by atoms with Crippen molar-refractivity contribution < 1.29 is 14.3 Å². The zero-order chi connectivity index (χ0) is 23.4. The van der Waals surface area contributed by atoms with Crippen LogP contribution in [0.4, 0.5) is 5.13 Å². The molecule has 0 saturated heterocycles. The molecule has 0 aliphatic rings. The number of nitrogens with zero attached hydrogens (tertiary/aromatic N) is 4. The van der Waals surface area contributed by atoms with Gasteiger partial charge in [-0.05, 0) is 55.2 Å². The quantitative estimate of drug-likeness (QED) is 0.356. The molecule has 2 aromatic carbocycles. The number of hydrogen-bond donors (Lipinski definition) is 0. The minimum Gasteiger partial charge on any atom is -0.493 e. The fourth-order valence-electron chi connectivity index (χ4n) is 3.75. The fraction of sp³-hybridized carbons (Fsp3) is 0.320. The second-order valence-corrected chi connectivity index (χ2v) is 8.93. The highest BCUT2D eigenvalue weighted by molar-refractivity contribution is 7.22. The Hall–Kier alpha value is -3.39. The smallest absolute Gasteiger partial charge is 0.233 e. The summed E-state index contributed by atoms with van der Waals surface area (Å²) in [5, 5.41) is 0.731. The number of thiazole rings is 1. The van der Waals surface area contributed by atoms with Gasteiger partial charge in [0.1, 0.15) is 0 Å². The van der Waals surface area contributed by atoms with Crippen LogP contribution < -0.4 is 14.4 Å². The number of aryl methyl sites for hydroxylation is 3. The number of aromatic nitrogens is 3. The summed E-state index contributed by atoms with van der Waals surface area (Å²) in [4.78, 5) is 24.3. The molecule has 2 aromatic heterocycles. The first-order valence-corrected chi connectivity index (χ1v) is 11.7. The van der Waals surface area contributed by atoms with Crippen molar-refractivity contribution >= 4 is 32.6 Å². The molecule has 172 valence electrons. The molecule has 0 fully saturated rings. The fourth-order valence-corrected chi connectivity index (χ4v) is 4.82. The van der Waals surface area contributed by atoms with E-state index in [-0.39, 0.29) is 12.3 Å². The summed E-state index contributed by atoms with van der Waals surface area (Å²) in [5.41, 5.74) is 4.18. The van der Waals surface area contributed by atoms with Crippen LogP contribution in [0.1, 0.15) is 23.1 Å². The van der Waals surface area contributed by atoms with Gasteiger partial charge >= 0.3 is 0 Å². The number of benzene rings is 2. The molecule has 7 nitrogen and oxygen atoms in total. The highest BCUT2D eigenvalue weighted by Gasteiger charge is 2.21. The van der Waals surface area contributed by atoms with Crippen LogP contribution in [0.3, 0.4) is 0 Å². The number of rotatable bonds is 9. The molecule has 0 atom stereocenters. The lowest BCUT2D eigenvalue weighted by Crippen LogP contribution is -2.33. The zero-order valence-electron chi connectivity index (χ0n) is 19.4. The average molecular weight is 465 g/mol. The summed E-state index contributed by atoms with van der Waals surface area (Å²) in [6.45, 7) is 5.51. The van der Waals surface area contributed by atoms with Gasteiger partial charge in [-0.25, -0.2) is 9.97 Å². The highest BCUT2D eigenvalue weighted by Crippen LogP contribution is 2.33. The Kier molecular flexibility index (Phi) is 6.93. The molecule has 33 heavy (non-hydrogen) atoms. The van der Waals surface area contributed by atoms with Crippen molar-refractivity contribution in [1.82, 2.24) is 14.5 Å². The third-order valence-electron chi connectivity index (χ3n) is 5.77. The van der Waals surface area contributed by atoms with Crippen molar-refractivity contribution in [1.29, 1.82) is 0 Å². The minimum atomic E-state index is 0.00119. The van der Waals surface area contributed by atoms with Gasteiger partial charge in [0.15, 0.2) is 16.6 Å². The van der Waals surface area contributed by atoms with Crippen molar-refractivity contribution in [2.75, 3.05) is 25.7 Å². The summed E-state index contributed by atoms with van der Waals surface area (Å²) in [6.07, 6.45) is 6.53. The summed E-state index contributed by atoms with van der Waals surface area (Å²) in [7, 11) is 3.19. The van der Waals surface area contributed by atoms with Crippen LogP contribution in [0.25, 0.3) is 10.2 Å². The maximum absolute atomic E-state index is 13.5. The van der Waals surface area contributed by atoms with Gasteiger partial charge in [0.05, 0.1) is 37.2 Å². The number of methoxy groups -OCH3 is 2. The molecular weight excluding hydrogens is 436 g/mol. The van der Waals surface area contributed by atoms with Crippen LogP contribution in [-0.4, -0.2) is 41.2 Å². The van der Waals surface area contributed by atoms with E-state index in [4.69, 9.17) is 14.5 Å². The van der Waals surface area contributed by atoms with E-state index in [0.29, 0.717) is 18.0 Å².